The largest absolute Gasteiger partial charge is 0.311 e. The Bertz CT molecular complexity index is 260. The van der Waals surface area contributed by atoms with E-state index in [1.807, 2.05) is 36.4 Å². The molecule has 0 atom stereocenters. The molecule has 2 aliphatic rings. The molecule has 1 aromatic rings. The van der Waals surface area contributed by atoms with Crippen LogP contribution in [0.3, 0.4) is 0 Å². The number of piperidine rings is 1. The van der Waals surface area contributed by atoms with Crippen molar-refractivity contribution in [3.8, 4) is 0 Å². The van der Waals surface area contributed by atoms with Gasteiger partial charge in [-0.05, 0) is 45.8 Å². The predicted octanol–water partition coefficient (Wildman–Crippen LogP) is 2.52. The molecule has 0 aromatic heterocycles. The van der Waals surface area contributed by atoms with Crippen LogP contribution in [0, 0.1) is 0 Å². The van der Waals surface area contributed by atoms with Gasteiger partial charge in [0.25, 0.3) is 0 Å². The lowest BCUT2D eigenvalue weighted by molar-refractivity contribution is 0.234. The lowest BCUT2D eigenvalue weighted by Crippen LogP contribution is -2.41. The summed E-state index contributed by atoms with van der Waals surface area (Å²) in [6.45, 7) is 2.56. The van der Waals surface area contributed by atoms with E-state index in [4.69, 9.17) is 0 Å². The van der Waals surface area contributed by atoms with Crippen molar-refractivity contribution >= 4 is 0 Å². The summed E-state index contributed by atoms with van der Waals surface area (Å²) in [5.41, 5.74) is 0. The third kappa shape index (κ3) is 5.33. The smallest absolute Gasteiger partial charge is 0.00939 e. The normalized spacial score (nSPS) is 21.7. The van der Waals surface area contributed by atoms with Gasteiger partial charge < -0.3 is 10.2 Å². The standard InChI is InChI=1S/C9H18N2.C6H6/c1-11-6-4-9(5-7-11)10-8-2-3-8;1-2-4-6-5-3-1/h8-10H,2-7H2,1H3;1-6H. The zero-order valence-corrected chi connectivity index (χ0v) is 10.8. The second-order valence-electron chi connectivity index (χ2n) is 5.17. The maximum atomic E-state index is 3.69. The Morgan fingerprint density at radius 2 is 1.18 bits per heavy atom. The van der Waals surface area contributed by atoms with Gasteiger partial charge in [-0.1, -0.05) is 36.4 Å². The van der Waals surface area contributed by atoms with Crippen LogP contribution in [0.25, 0.3) is 0 Å². The molecule has 1 aromatic carbocycles. The molecule has 2 fully saturated rings. The van der Waals surface area contributed by atoms with Crippen molar-refractivity contribution in [1.82, 2.24) is 10.2 Å². The Kier molecular flexibility index (Phi) is 5.02. The zero-order chi connectivity index (χ0) is 11.9. The topological polar surface area (TPSA) is 15.3 Å². The van der Waals surface area contributed by atoms with Gasteiger partial charge in [-0.3, -0.25) is 0 Å². The van der Waals surface area contributed by atoms with Crippen LogP contribution in [-0.4, -0.2) is 37.1 Å². The van der Waals surface area contributed by atoms with E-state index in [0.717, 1.165) is 12.1 Å². The Morgan fingerprint density at radius 1 is 0.765 bits per heavy atom. The molecule has 2 nitrogen and oxygen atoms in total. The van der Waals surface area contributed by atoms with E-state index in [-0.39, 0.29) is 0 Å². The number of nitrogens with zero attached hydrogens (tertiary/aromatic N) is 1. The van der Waals surface area contributed by atoms with Crippen molar-refractivity contribution in [1.29, 1.82) is 0 Å². The molecule has 1 N–H and O–H groups in total. The third-order valence-electron chi connectivity index (χ3n) is 3.43. The minimum absolute atomic E-state index is 0.832. The highest BCUT2D eigenvalue weighted by atomic mass is 15.1. The van der Waals surface area contributed by atoms with Gasteiger partial charge in [0.1, 0.15) is 0 Å². The monoisotopic (exact) mass is 232 g/mol. The Morgan fingerprint density at radius 3 is 1.59 bits per heavy atom. The summed E-state index contributed by atoms with van der Waals surface area (Å²) >= 11 is 0. The van der Waals surface area contributed by atoms with E-state index in [9.17, 15) is 0 Å². The molecule has 0 radical (unpaired) electrons. The van der Waals surface area contributed by atoms with Gasteiger partial charge in [-0.25, -0.2) is 0 Å². The van der Waals surface area contributed by atoms with E-state index in [1.165, 1.54) is 38.8 Å². The summed E-state index contributed by atoms with van der Waals surface area (Å²) in [4.78, 5) is 2.42. The highest BCUT2D eigenvalue weighted by Crippen LogP contribution is 2.21. The number of nitrogens with one attached hydrogen (secondary N) is 1. The summed E-state index contributed by atoms with van der Waals surface area (Å²) in [5, 5.41) is 3.69. The van der Waals surface area contributed by atoms with Gasteiger partial charge in [0.2, 0.25) is 0 Å². The average Bonchev–Trinajstić information content (AvgIpc) is 3.19. The lowest BCUT2D eigenvalue weighted by Gasteiger charge is -2.29. The molecular weight excluding hydrogens is 208 g/mol. The predicted molar refractivity (Wildman–Crippen MR) is 73.1 cm³/mol. The molecule has 1 aliphatic heterocycles. The number of hydrogen-bond acceptors (Lipinski definition) is 2. The lowest BCUT2D eigenvalue weighted by atomic mass is 10.1. The van der Waals surface area contributed by atoms with Gasteiger partial charge in [0.05, 0.1) is 0 Å². The molecule has 1 heterocycles. The molecule has 0 spiro atoms. The maximum absolute atomic E-state index is 3.69. The van der Waals surface area contributed by atoms with Crippen LogP contribution in [0.15, 0.2) is 36.4 Å². The van der Waals surface area contributed by atoms with Crippen LogP contribution in [0.2, 0.25) is 0 Å². The van der Waals surface area contributed by atoms with Gasteiger partial charge in [0, 0.05) is 12.1 Å². The highest BCUT2D eigenvalue weighted by molar-refractivity contribution is 4.99. The molecule has 1 aliphatic carbocycles. The Balaban J connectivity index is 0.000000153. The summed E-state index contributed by atoms with van der Waals surface area (Å²) in [6, 6.07) is 13.7. The van der Waals surface area contributed by atoms with E-state index in [0.29, 0.717) is 0 Å². The fraction of sp³-hybridized carbons (Fsp3) is 0.600. The SMILES string of the molecule is CN1CCC(NC2CC2)CC1.c1ccccc1. The Hall–Kier alpha value is -0.860. The van der Waals surface area contributed by atoms with Gasteiger partial charge in [-0.2, -0.15) is 0 Å². The molecule has 0 amide bonds. The van der Waals surface area contributed by atoms with E-state index in [2.05, 4.69) is 17.3 Å². The average molecular weight is 232 g/mol. The van der Waals surface area contributed by atoms with E-state index >= 15 is 0 Å². The minimum Gasteiger partial charge on any atom is -0.311 e. The summed E-state index contributed by atoms with van der Waals surface area (Å²) in [5.74, 6) is 0. The third-order valence-corrected chi connectivity index (χ3v) is 3.43. The highest BCUT2D eigenvalue weighted by Gasteiger charge is 2.25. The van der Waals surface area contributed by atoms with Crippen molar-refractivity contribution in [3.63, 3.8) is 0 Å². The van der Waals surface area contributed by atoms with Crippen LogP contribution in [-0.2, 0) is 0 Å². The Labute approximate surface area is 105 Å². The van der Waals surface area contributed by atoms with Crippen molar-refractivity contribution in [2.75, 3.05) is 20.1 Å². The van der Waals surface area contributed by atoms with E-state index < -0.39 is 0 Å². The number of hydrogen-bond donors (Lipinski definition) is 1. The number of benzene rings is 1. The van der Waals surface area contributed by atoms with Crippen LogP contribution < -0.4 is 5.32 Å². The van der Waals surface area contributed by atoms with Crippen molar-refractivity contribution in [3.05, 3.63) is 36.4 Å². The first-order chi connectivity index (χ1) is 8.34. The first kappa shape index (κ1) is 12.6. The van der Waals surface area contributed by atoms with Gasteiger partial charge in [-0.15, -0.1) is 0 Å². The quantitative estimate of drug-likeness (QED) is 0.843. The van der Waals surface area contributed by atoms with Gasteiger partial charge >= 0.3 is 0 Å². The summed E-state index contributed by atoms with van der Waals surface area (Å²) in [7, 11) is 2.22. The first-order valence-electron chi connectivity index (χ1n) is 6.79. The summed E-state index contributed by atoms with van der Waals surface area (Å²) < 4.78 is 0. The van der Waals surface area contributed by atoms with E-state index in [1.54, 1.807) is 0 Å². The molecule has 17 heavy (non-hydrogen) atoms. The molecule has 0 bridgehead atoms. The second-order valence-corrected chi connectivity index (χ2v) is 5.17. The minimum atomic E-state index is 0.832. The molecule has 0 unspecified atom stereocenters. The molecule has 1 saturated carbocycles. The van der Waals surface area contributed by atoms with Crippen LogP contribution in [0.5, 0.6) is 0 Å². The number of rotatable bonds is 2. The fourth-order valence-corrected chi connectivity index (χ4v) is 2.14. The van der Waals surface area contributed by atoms with Crippen molar-refractivity contribution in [2.45, 2.75) is 37.8 Å². The van der Waals surface area contributed by atoms with Crippen LogP contribution in [0.4, 0.5) is 0 Å². The first-order valence-corrected chi connectivity index (χ1v) is 6.79. The second kappa shape index (κ2) is 6.77. The van der Waals surface area contributed by atoms with Crippen molar-refractivity contribution in [2.24, 2.45) is 0 Å². The molecule has 1 saturated heterocycles. The molecular formula is C15H24N2. The molecule has 94 valence electrons. The zero-order valence-electron chi connectivity index (χ0n) is 10.8. The van der Waals surface area contributed by atoms with Crippen LogP contribution >= 0.6 is 0 Å². The van der Waals surface area contributed by atoms with Crippen molar-refractivity contribution < 1.29 is 0 Å². The molecule has 2 heteroatoms. The summed E-state index contributed by atoms with van der Waals surface area (Å²) in [6.07, 6.45) is 5.55. The fourth-order valence-electron chi connectivity index (χ4n) is 2.14. The van der Waals surface area contributed by atoms with Gasteiger partial charge in [0.15, 0.2) is 0 Å². The molecule has 3 rings (SSSR count). The maximum Gasteiger partial charge on any atom is 0.00939 e. The van der Waals surface area contributed by atoms with Crippen LogP contribution in [0.1, 0.15) is 25.7 Å². The number of likely N-dealkylation sites (tertiary alicyclic amines) is 1.